The molecule has 2 aromatic heterocycles. The molecule has 0 atom stereocenters. The van der Waals surface area contributed by atoms with Crippen LogP contribution in [-0.2, 0) is 6.54 Å². The van der Waals surface area contributed by atoms with Crippen molar-refractivity contribution in [3.05, 3.63) is 31.9 Å². The summed E-state index contributed by atoms with van der Waals surface area (Å²) in [4.78, 5) is 19.8. The lowest BCUT2D eigenvalue weighted by molar-refractivity contribution is 0.102. The molecule has 0 radical (unpaired) electrons. The number of rotatable bonds is 4. The van der Waals surface area contributed by atoms with Gasteiger partial charge in [0, 0.05) is 18.8 Å². The van der Waals surface area contributed by atoms with Crippen LogP contribution >= 0.6 is 34.3 Å². The molecule has 0 saturated carbocycles. The molecule has 0 unspecified atom stereocenters. The van der Waals surface area contributed by atoms with Gasteiger partial charge in [-0.3, -0.25) is 4.79 Å². The molecule has 0 N–H and O–H groups in total. The molecule has 0 spiro atoms. The lowest BCUT2D eigenvalue weighted by atomic mass is 10.3. The summed E-state index contributed by atoms with van der Waals surface area (Å²) < 4.78 is 0.790. The van der Waals surface area contributed by atoms with Gasteiger partial charge in [-0.15, -0.1) is 11.3 Å². The number of aryl methyl sites for hydroxylation is 1. The smallest absolute Gasteiger partial charge is 0.186 e. The molecule has 6 heteroatoms. The minimum atomic E-state index is 0.0730. The fraction of sp³-hybridized carbons (Fsp3) is 0.333. The molecular formula is C12H13ClN2OS2. The number of carbonyl (C=O) groups is 1. The number of Topliss-reactive ketones (excluding diaryl/α,β-unsaturated/α-hetero) is 1. The molecule has 0 aliphatic heterocycles. The van der Waals surface area contributed by atoms with Crippen LogP contribution < -0.4 is 4.90 Å². The molecule has 0 amide bonds. The van der Waals surface area contributed by atoms with Crippen LogP contribution in [0, 0.1) is 6.92 Å². The van der Waals surface area contributed by atoms with Gasteiger partial charge in [-0.05, 0) is 19.1 Å². The fourth-order valence-electron chi connectivity index (χ4n) is 1.61. The van der Waals surface area contributed by atoms with Crippen molar-refractivity contribution < 1.29 is 4.79 Å². The van der Waals surface area contributed by atoms with Crippen LogP contribution in [0.2, 0.25) is 4.34 Å². The van der Waals surface area contributed by atoms with Crippen molar-refractivity contribution in [2.75, 3.05) is 11.9 Å². The predicted molar refractivity (Wildman–Crippen MR) is 78.3 cm³/mol. The molecule has 2 heterocycles. The first kappa shape index (κ1) is 13.5. The number of hydrogen-bond acceptors (Lipinski definition) is 5. The Labute approximate surface area is 119 Å². The second-order valence-corrected chi connectivity index (χ2v) is 6.81. The van der Waals surface area contributed by atoms with Crippen molar-refractivity contribution in [3.63, 3.8) is 0 Å². The van der Waals surface area contributed by atoms with Crippen molar-refractivity contribution in [1.29, 1.82) is 0 Å². The summed E-state index contributed by atoms with van der Waals surface area (Å²) in [7, 11) is 1.97. The second-order valence-electron chi connectivity index (χ2n) is 4.03. The first-order chi connectivity index (χ1) is 8.47. The number of hydrogen-bond donors (Lipinski definition) is 0. The third-order valence-corrected chi connectivity index (χ3v) is 5.04. The Bertz CT molecular complexity index is 576. The van der Waals surface area contributed by atoms with Crippen LogP contribution in [0.1, 0.15) is 27.2 Å². The van der Waals surface area contributed by atoms with E-state index >= 15 is 0 Å². The summed E-state index contributed by atoms with van der Waals surface area (Å²) in [5.41, 5.74) is 0.804. The molecule has 0 aromatic carbocycles. The van der Waals surface area contributed by atoms with Crippen molar-refractivity contribution >= 4 is 45.2 Å². The van der Waals surface area contributed by atoms with Crippen LogP contribution in [0.4, 0.5) is 5.13 Å². The van der Waals surface area contributed by atoms with Gasteiger partial charge in [0.1, 0.15) is 0 Å². The molecule has 0 bridgehead atoms. The zero-order valence-electron chi connectivity index (χ0n) is 10.4. The number of carbonyl (C=O) groups excluding carboxylic acids is 1. The SMILES string of the molecule is CC(=O)c1sc(N(C)Cc2ccc(Cl)s2)nc1C. The van der Waals surface area contributed by atoms with Crippen LogP contribution in [0.3, 0.4) is 0 Å². The fourth-order valence-corrected chi connectivity index (χ4v) is 3.67. The second kappa shape index (κ2) is 5.38. The Morgan fingerprint density at radius 2 is 2.17 bits per heavy atom. The standard InChI is InChI=1S/C12H13ClN2OS2/c1-7-11(8(2)16)18-12(14-7)15(3)6-9-4-5-10(13)17-9/h4-5H,6H2,1-3H3. The Kier molecular flexibility index (Phi) is 4.04. The lowest BCUT2D eigenvalue weighted by Crippen LogP contribution is -2.15. The van der Waals surface area contributed by atoms with E-state index in [1.165, 1.54) is 16.2 Å². The normalized spacial score (nSPS) is 10.7. The Hall–Kier alpha value is -0.910. The van der Waals surface area contributed by atoms with E-state index in [0.29, 0.717) is 0 Å². The zero-order valence-corrected chi connectivity index (χ0v) is 12.7. The van der Waals surface area contributed by atoms with Crippen molar-refractivity contribution in [2.45, 2.75) is 20.4 Å². The van der Waals surface area contributed by atoms with E-state index in [1.54, 1.807) is 18.3 Å². The van der Waals surface area contributed by atoms with E-state index in [0.717, 1.165) is 26.6 Å². The number of nitrogens with zero attached hydrogens (tertiary/aromatic N) is 2. The third-order valence-electron chi connectivity index (χ3n) is 2.45. The maximum absolute atomic E-state index is 11.4. The largest absolute Gasteiger partial charge is 0.346 e. The van der Waals surface area contributed by atoms with Gasteiger partial charge in [0.25, 0.3) is 0 Å². The zero-order chi connectivity index (χ0) is 13.3. The number of halogens is 1. The molecule has 18 heavy (non-hydrogen) atoms. The van der Waals surface area contributed by atoms with Gasteiger partial charge in [0.15, 0.2) is 10.9 Å². The van der Waals surface area contributed by atoms with E-state index in [2.05, 4.69) is 4.98 Å². The van der Waals surface area contributed by atoms with Gasteiger partial charge < -0.3 is 4.90 Å². The molecule has 3 nitrogen and oxygen atoms in total. The molecular weight excluding hydrogens is 288 g/mol. The molecule has 0 fully saturated rings. The highest BCUT2D eigenvalue weighted by atomic mass is 35.5. The maximum Gasteiger partial charge on any atom is 0.186 e. The molecule has 0 saturated heterocycles. The number of ketones is 1. The summed E-state index contributed by atoms with van der Waals surface area (Å²) in [6.45, 7) is 4.19. The average molecular weight is 301 g/mol. The molecule has 2 rings (SSSR count). The van der Waals surface area contributed by atoms with E-state index in [1.807, 2.05) is 31.0 Å². The first-order valence-electron chi connectivity index (χ1n) is 5.41. The summed E-state index contributed by atoms with van der Waals surface area (Å²) in [5, 5.41) is 0.863. The highest BCUT2D eigenvalue weighted by Crippen LogP contribution is 2.28. The Balaban J connectivity index is 2.16. The van der Waals surface area contributed by atoms with Crippen molar-refractivity contribution in [3.8, 4) is 0 Å². The minimum absolute atomic E-state index is 0.0730. The summed E-state index contributed by atoms with van der Waals surface area (Å²) in [5.74, 6) is 0.0730. The molecule has 2 aromatic rings. The third kappa shape index (κ3) is 2.91. The van der Waals surface area contributed by atoms with Crippen molar-refractivity contribution in [1.82, 2.24) is 4.98 Å². The molecule has 96 valence electrons. The van der Waals surface area contributed by atoms with E-state index in [9.17, 15) is 4.79 Å². The van der Waals surface area contributed by atoms with E-state index < -0.39 is 0 Å². The number of thiazole rings is 1. The van der Waals surface area contributed by atoms with Crippen LogP contribution in [0.15, 0.2) is 12.1 Å². The van der Waals surface area contributed by atoms with E-state index in [-0.39, 0.29) is 5.78 Å². The summed E-state index contributed by atoms with van der Waals surface area (Å²) >= 11 is 8.90. The topological polar surface area (TPSA) is 33.2 Å². The minimum Gasteiger partial charge on any atom is -0.346 e. The number of anilines is 1. The van der Waals surface area contributed by atoms with Gasteiger partial charge in [-0.2, -0.15) is 0 Å². The quantitative estimate of drug-likeness (QED) is 0.800. The summed E-state index contributed by atoms with van der Waals surface area (Å²) in [6.07, 6.45) is 0. The first-order valence-corrected chi connectivity index (χ1v) is 7.42. The number of thiophene rings is 1. The van der Waals surface area contributed by atoms with Crippen molar-refractivity contribution in [2.24, 2.45) is 0 Å². The molecule has 0 aliphatic rings. The van der Waals surface area contributed by atoms with Gasteiger partial charge in [-0.25, -0.2) is 4.98 Å². The van der Waals surface area contributed by atoms with Gasteiger partial charge in [0.2, 0.25) is 0 Å². The monoisotopic (exact) mass is 300 g/mol. The number of aromatic nitrogens is 1. The average Bonchev–Trinajstić information content (AvgIpc) is 2.85. The summed E-state index contributed by atoms with van der Waals surface area (Å²) in [6, 6.07) is 3.90. The van der Waals surface area contributed by atoms with Gasteiger partial charge in [0.05, 0.1) is 21.5 Å². The van der Waals surface area contributed by atoms with Gasteiger partial charge in [-0.1, -0.05) is 22.9 Å². The van der Waals surface area contributed by atoms with Gasteiger partial charge >= 0.3 is 0 Å². The van der Waals surface area contributed by atoms with Crippen LogP contribution in [0.5, 0.6) is 0 Å². The maximum atomic E-state index is 11.4. The predicted octanol–water partition coefficient (Wildman–Crippen LogP) is 4.01. The van der Waals surface area contributed by atoms with E-state index in [4.69, 9.17) is 11.6 Å². The Morgan fingerprint density at radius 1 is 1.44 bits per heavy atom. The highest BCUT2D eigenvalue weighted by Gasteiger charge is 2.14. The van der Waals surface area contributed by atoms with Crippen LogP contribution in [0.25, 0.3) is 0 Å². The highest BCUT2D eigenvalue weighted by molar-refractivity contribution is 7.17. The molecule has 0 aliphatic carbocycles. The van der Waals surface area contributed by atoms with Crippen LogP contribution in [-0.4, -0.2) is 17.8 Å². The lowest BCUT2D eigenvalue weighted by Gasteiger charge is -2.13. The Morgan fingerprint density at radius 3 is 2.67 bits per heavy atom.